The first-order valence-electron chi connectivity index (χ1n) is 4.37. The fourth-order valence-corrected chi connectivity index (χ4v) is 1.57. The van der Waals surface area contributed by atoms with E-state index in [9.17, 15) is 5.11 Å². The Morgan fingerprint density at radius 1 is 1.69 bits per heavy atom. The lowest BCUT2D eigenvalue weighted by Gasteiger charge is -2.24. The van der Waals surface area contributed by atoms with Gasteiger partial charge in [-0.25, -0.2) is 0 Å². The van der Waals surface area contributed by atoms with E-state index in [-0.39, 0.29) is 5.41 Å². The molecule has 2 N–H and O–H groups in total. The average molecular weight is 179 g/mol. The highest BCUT2D eigenvalue weighted by molar-refractivity contribution is 6.07. The van der Waals surface area contributed by atoms with Gasteiger partial charge in [-0.1, -0.05) is 6.08 Å². The van der Waals surface area contributed by atoms with Crippen LogP contribution in [-0.2, 0) is 0 Å². The first-order valence-corrected chi connectivity index (χ1v) is 4.37. The van der Waals surface area contributed by atoms with Crippen LogP contribution in [0.5, 0.6) is 0 Å². The van der Waals surface area contributed by atoms with Gasteiger partial charge in [0.15, 0.2) is 0 Å². The topological polar surface area (TPSA) is 57.0 Å². The first-order chi connectivity index (χ1) is 6.12. The van der Waals surface area contributed by atoms with Crippen LogP contribution in [-0.4, -0.2) is 29.8 Å². The molecule has 4 nitrogen and oxygen atoms in total. The number of hydrogen-bond acceptors (Lipinski definition) is 4. The maximum absolute atomic E-state index is 9.41. The van der Waals surface area contributed by atoms with Gasteiger partial charge in [0.05, 0.1) is 18.1 Å². The minimum absolute atomic E-state index is 0.232. The minimum Gasteiger partial charge on any atom is -0.389 e. The van der Waals surface area contributed by atoms with Crippen LogP contribution in [0.4, 0.5) is 0 Å². The largest absolute Gasteiger partial charge is 0.389 e. The molecule has 0 aromatic heterocycles. The Labute approximate surface area is 77.1 Å². The number of hydrogen-bond donors (Lipinski definition) is 2. The SMILES string of the molecule is CC(O)C1=CC2(C)C=NNC2=NC1. The standard InChI is InChI=1S/C9H13N3O/c1-6(13)7-3-9(2)5-11-12-8(9)10-4-7/h3,5-6,13H,4H2,1-2H3,(H,10,12). The molecule has 0 saturated carbocycles. The number of aliphatic imine (C=N–C) groups is 1. The highest BCUT2D eigenvalue weighted by atomic mass is 16.3. The molecule has 70 valence electrons. The zero-order chi connectivity index (χ0) is 9.47. The van der Waals surface area contributed by atoms with Crippen LogP contribution in [0.15, 0.2) is 21.7 Å². The molecular formula is C9H13N3O. The van der Waals surface area contributed by atoms with Crippen molar-refractivity contribution >= 4 is 12.1 Å². The lowest BCUT2D eigenvalue weighted by Crippen LogP contribution is -2.34. The van der Waals surface area contributed by atoms with E-state index in [0.717, 1.165) is 11.4 Å². The molecule has 2 aliphatic heterocycles. The number of nitrogens with one attached hydrogen (secondary N) is 1. The second kappa shape index (κ2) is 2.67. The molecule has 0 amide bonds. The summed E-state index contributed by atoms with van der Waals surface area (Å²) in [5, 5.41) is 13.4. The van der Waals surface area contributed by atoms with Crippen LogP contribution in [0.2, 0.25) is 0 Å². The van der Waals surface area contributed by atoms with Gasteiger partial charge < -0.3 is 5.11 Å². The summed E-state index contributed by atoms with van der Waals surface area (Å²) in [4.78, 5) is 4.32. The minimum atomic E-state index is -0.420. The van der Waals surface area contributed by atoms with Gasteiger partial charge in [0.25, 0.3) is 0 Å². The third-order valence-electron chi connectivity index (χ3n) is 2.46. The highest BCUT2D eigenvalue weighted by Crippen LogP contribution is 2.27. The second-order valence-electron chi connectivity index (χ2n) is 3.71. The Kier molecular flexibility index (Phi) is 1.73. The molecule has 0 bridgehead atoms. The number of aliphatic hydroxyl groups is 1. The van der Waals surface area contributed by atoms with Crippen molar-refractivity contribution < 1.29 is 5.11 Å². The Hall–Kier alpha value is -1.16. The van der Waals surface area contributed by atoms with Gasteiger partial charge in [0.1, 0.15) is 5.84 Å². The van der Waals surface area contributed by atoms with E-state index in [2.05, 4.69) is 15.5 Å². The summed E-state index contributed by atoms with van der Waals surface area (Å²) in [6, 6.07) is 0. The van der Waals surface area contributed by atoms with Gasteiger partial charge in [-0.15, -0.1) is 0 Å². The average Bonchev–Trinajstić information content (AvgIpc) is 2.44. The lowest BCUT2D eigenvalue weighted by molar-refractivity contribution is 0.228. The molecule has 0 spiro atoms. The third-order valence-corrected chi connectivity index (χ3v) is 2.46. The summed E-state index contributed by atoms with van der Waals surface area (Å²) >= 11 is 0. The maximum atomic E-state index is 9.41. The van der Waals surface area contributed by atoms with Crippen LogP contribution in [0.1, 0.15) is 13.8 Å². The predicted octanol–water partition coefficient (Wildman–Crippen LogP) is 0.301. The molecule has 2 unspecified atom stereocenters. The van der Waals surface area contributed by atoms with Gasteiger partial charge >= 0.3 is 0 Å². The maximum Gasteiger partial charge on any atom is 0.132 e. The van der Waals surface area contributed by atoms with Crippen molar-refractivity contribution in [1.29, 1.82) is 0 Å². The van der Waals surface area contributed by atoms with E-state index >= 15 is 0 Å². The molecule has 4 heteroatoms. The van der Waals surface area contributed by atoms with Crippen molar-refractivity contribution in [3.8, 4) is 0 Å². The van der Waals surface area contributed by atoms with E-state index in [1.165, 1.54) is 0 Å². The van der Waals surface area contributed by atoms with E-state index < -0.39 is 6.10 Å². The normalized spacial score (nSPS) is 33.2. The fraction of sp³-hybridized carbons (Fsp3) is 0.556. The summed E-state index contributed by atoms with van der Waals surface area (Å²) in [7, 11) is 0. The van der Waals surface area contributed by atoms with Crippen LogP contribution >= 0.6 is 0 Å². The lowest BCUT2D eigenvalue weighted by atomic mass is 9.86. The van der Waals surface area contributed by atoms with E-state index in [4.69, 9.17) is 0 Å². The molecule has 2 rings (SSSR count). The van der Waals surface area contributed by atoms with Crippen molar-refractivity contribution in [3.63, 3.8) is 0 Å². The summed E-state index contributed by atoms with van der Waals surface area (Å²) in [5.74, 6) is 0.872. The smallest absolute Gasteiger partial charge is 0.132 e. The van der Waals surface area contributed by atoms with Crippen molar-refractivity contribution in [2.24, 2.45) is 15.5 Å². The third kappa shape index (κ3) is 1.27. The van der Waals surface area contributed by atoms with Crippen molar-refractivity contribution in [3.05, 3.63) is 11.6 Å². The molecule has 13 heavy (non-hydrogen) atoms. The molecule has 0 radical (unpaired) electrons. The number of nitrogens with zero attached hydrogens (tertiary/aromatic N) is 2. The van der Waals surface area contributed by atoms with Crippen molar-refractivity contribution in [1.82, 2.24) is 5.43 Å². The van der Waals surface area contributed by atoms with Gasteiger partial charge in [-0.05, 0) is 19.4 Å². The summed E-state index contributed by atoms with van der Waals surface area (Å²) in [6.45, 7) is 4.35. The van der Waals surface area contributed by atoms with Gasteiger partial charge in [-0.3, -0.25) is 10.4 Å². The van der Waals surface area contributed by atoms with E-state index in [1.54, 1.807) is 6.92 Å². The molecule has 0 aromatic rings. The number of hydrazone groups is 1. The highest BCUT2D eigenvalue weighted by Gasteiger charge is 2.34. The quantitative estimate of drug-likeness (QED) is 0.569. The number of fused-ring (bicyclic) bond motifs is 1. The van der Waals surface area contributed by atoms with E-state index in [0.29, 0.717) is 6.54 Å². The van der Waals surface area contributed by atoms with Crippen LogP contribution < -0.4 is 5.43 Å². The zero-order valence-electron chi connectivity index (χ0n) is 7.78. The molecule has 0 saturated heterocycles. The molecule has 0 fully saturated rings. The van der Waals surface area contributed by atoms with Gasteiger partial charge in [-0.2, -0.15) is 5.10 Å². The molecule has 2 atom stereocenters. The van der Waals surface area contributed by atoms with E-state index in [1.807, 2.05) is 19.2 Å². The second-order valence-corrected chi connectivity index (χ2v) is 3.71. The monoisotopic (exact) mass is 179 g/mol. The Morgan fingerprint density at radius 3 is 3.15 bits per heavy atom. The Balaban J connectivity index is 2.32. The fourth-order valence-electron chi connectivity index (χ4n) is 1.57. The number of rotatable bonds is 1. The Morgan fingerprint density at radius 2 is 2.46 bits per heavy atom. The predicted molar refractivity (Wildman–Crippen MR) is 51.8 cm³/mol. The number of dihydropyridines is 1. The molecule has 0 aliphatic carbocycles. The summed E-state index contributed by atoms with van der Waals surface area (Å²) in [5.41, 5.74) is 3.58. The summed E-state index contributed by atoms with van der Waals surface area (Å²) in [6.07, 6.45) is 3.42. The molecule has 2 heterocycles. The van der Waals surface area contributed by atoms with Crippen LogP contribution in [0.25, 0.3) is 0 Å². The first kappa shape index (κ1) is 8.44. The molecule has 2 aliphatic rings. The van der Waals surface area contributed by atoms with Crippen molar-refractivity contribution in [2.45, 2.75) is 20.0 Å². The zero-order valence-corrected chi connectivity index (χ0v) is 7.78. The number of amidine groups is 1. The van der Waals surface area contributed by atoms with Gasteiger partial charge in [0.2, 0.25) is 0 Å². The van der Waals surface area contributed by atoms with Crippen molar-refractivity contribution in [2.75, 3.05) is 6.54 Å². The molecular weight excluding hydrogens is 166 g/mol. The molecule has 0 aromatic carbocycles. The van der Waals surface area contributed by atoms with Crippen LogP contribution in [0, 0.1) is 5.41 Å². The van der Waals surface area contributed by atoms with Crippen LogP contribution in [0.3, 0.4) is 0 Å². The van der Waals surface area contributed by atoms with Gasteiger partial charge in [0, 0.05) is 6.21 Å². The summed E-state index contributed by atoms with van der Waals surface area (Å²) < 4.78 is 0. The Bertz CT molecular complexity index is 317. The number of aliphatic hydroxyl groups excluding tert-OH is 1.